The number of aromatic nitrogens is 1. The van der Waals surface area contributed by atoms with Crippen molar-refractivity contribution in [1.82, 2.24) is 15.2 Å². The zero-order valence-corrected chi connectivity index (χ0v) is 11.1. The first-order chi connectivity index (χ1) is 8.66. The Labute approximate surface area is 108 Å². The number of carbonyl (C=O) groups is 1. The molecule has 0 saturated carbocycles. The van der Waals surface area contributed by atoms with Crippen LogP contribution in [0.2, 0.25) is 0 Å². The second kappa shape index (κ2) is 5.96. The lowest BCUT2D eigenvalue weighted by atomic mass is 10.0. The molecule has 0 bridgehead atoms. The van der Waals surface area contributed by atoms with Gasteiger partial charge in [-0.1, -0.05) is 19.9 Å². The van der Waals surface area contributed by atoms with Crippen molar-refractivity contribution in [3.05, 3.63) is 30.1 Å². The number of amides is 1. The summed E-state index contributed by atoms with van der Waals surface area (Å²) in [6.07, 6.45) is 2.77. The van der Waals surface area contributed by atoms with Gasteiger partial charge >= 0.3 is 0 Å². The molecule has 1 aromatic rings. The quantitative estimate of drug-likeness (QED) is 0.881. The van der Waals surface area contributed by atoms with Crippen LogP contribution in [-0.2, 0) is 0 Å². The van der Waals surface area contributed by atoms with E-state index in [1.54, 1.807) is 12.3 Å². The first-order valence-electron chi connectivity index (χ1n) is 6.60. The van der Waals surface area contributed by atoms with Crippen LogP contribution in [0.1, 0.15) is 30.8 Å². The van der Waals surface area contributed by atoms with Gasteiger partial charge in [-0.05, 0) is 24.5 Å². The van der Waals surface area contributed by atoms with Gasteiger partial charge in [0, 0.05) is 31.9 Å². The predicted molar refractivity (Wildman–Crippen MR) is 71.4 cm³/mol. The standard InChI is InChI=1S/C14H21N3O/c1-11(2)9-12-10-17(8-7-15-12)14(18)13-5-3-4-6-16-13/h3-6,11-12,15H,7-10H2,1-2H3. The Morgan fingerprint density at radius 2 is 2.39 bits per heavy atom. The minimum Gasteiger partial charge on any atom is -0.334 e. The van der Waals surface area contributed by atoms with E-state index in [4.69, 9.17) is 0 Å². The zero-order valence-electron chi connectivity index (χ0n) is 11.1. The molecule has 2 rings (SSSR count). The molecule has 1 saturated heterocycles. The Morgan fingerprint density at radius 1 is 1.56 bits per heavy atom. The summed E-state index contributed by atoms with van der Waals surface area (Å²) >= 11 is 0. The van der Waals surface area contributed by atoms with Crippen LogP contribution in [0.3, 0.4) is 0 Å². The summed E-state index contributed by atoms with van der Waals surface area (Å²) in [5.41, 5.74) is 0.544. The van der Waals surface area contributed by atoms with Gasteiger partial charge in [0.2, 0.25) is 0 Å². The molecule has 0 spiro atoms. The molecule has 0 aromatic carbocycles. The molecule has 1 aliphatic rings. The van der Waals surface area contributed by atoms with E-state index in [0.29, 0.717) is 17.7 Å². The van der Waals surface area contributed by atoms with E-state index in [0.717, 1.165) is 26.1 Å². The highest BCUT2D eigenvalue weighted by atomic mass is 16.2. The predicted octanol–water partition coefficient (Wildman–Crippen LogP) is 1.54. The highest BCUT2D eigenvalue weighted by Crippen LogP contribution is 2.11. The maximum absolute atomic E-state index is 12.3. The number of nitrogens with one attached hydrogen (secondary N) is 1. The fraction of sp³-hybridized carbons (Fsp3) is 0.571. The number of piperazine rings is 1. The van der Waals surface area contributed by atoms with E-state index in [9.17, 15) is 4.79 Å². The van der Waals surface area contributed by atoms with Crippen LogP contribution in [-0.4, -0.2) is 41.5 Å². The molecule has 1 aromatic heterocycles. The van der Waals surface area contributed by atoms with E-state index in [-0.39, 0.29) is 5.91 Å². The van der Waals surface area contributed by atoms with Crippen LogP contribution in [0.5, 0.6) is 0 Å². The molecular formula is C14H21N3O. The van der Waals surface area contributed by atoms with Crippen molar-refractivity contribution in [3.8, 4) is 0 Å². The molecule has 1 N–H and O–H groups in total. The van der Waals surface area contributed by atoms with Crippen molar-refractivity contribution in [2.75, 3.05) is 19.6 Å². The molecule has 4 nitrogen and oxygen atoms in total. The Kier molecular flexibility index (Phi) is 4.31. The maximum atomic E-state index is 12.3. The van der Waals surface area contributed by atoms with Crippen molar-refractivity contribution in [2.45, 2.75) is 26.3 Å². The Bertz CT molecular complexity index is 391. The van der Waals surface area contributed by atoms with Crippen molar-refractivity contribution >= 4 is 5.91 Å². The Morgan fingerprint density at radius 3 is 3.06 bits per heavy atom. The largest absolute Gasteiger partial charge is 0.334 e. The van der Waals surface area contributed by atoms with Gasteiger partial charge in [0.05, 0.1) is 0 Å². The monoisotopic (exact) mass is 247 g/mol. The van der Waals surface area contributed by atoms with Gasteiger partial charge in [-0.2, -0.15) is 0 Å². The van der Waals surface area contributed by atoms with Crippen molar-refractivity contribution < 1.29 is 4.79 Å². The molecule has 4 heteroatoms. The van der Waals surface area contributed by atoms with Gasteiger partial charge < -0.3 is 10.2 Å². The summed E-state index contributed by atoms with van der Waals surface area (Å²) in [7, 11) is 0. The molecule has 98 valence electrons. The summed E-state index contributed by atoms with van der Waals surface area (Å²) in [6.45, 7) is 6.84. The van der Waals surface area contributed by atoms with Crippen molar-refractivity contribution in [2.24, 2.45) is 5.92 Å². The minimum atomic E-state index is 0.0471. The van der Waals surface area contributed by atoms with Crippen LogP contribution in [0.15, 0.2) is 24.4 Å². The number of hydrogen-bond donors (Lipinski definition) is 1. The fourth-order valence-electron chi connectivity index (χ4n) is 2.39. The number of hydrogen-bond acceptors (Lipinski definition) is 3. The number of nitrogens with zero attached hydrogens (tertiary/aromatic N) is 2. The lowest BCUT2D eigenvalue weighted by Crippen LogP contribution is -2.53. The molecule has 1 atom stereocenters. The van der Waals surface area contributed by atoms with E-state index in [2.05, 4.69) is 24.1 Å². The third kappa shape index (κ3) is 3.29. The minimum absolute atomic E-state index is 0.0471. The summed E-state index contributed by atoms with van der Waals surface area (Å²) < 4.78 is 0. The highest BCUT2D eigenvalue weighted by molar-refractivity contribution is 5.92. The number of rotatable bonds is 3. The van der Waals surface area contributed by atoms with E-state index in [1.165, 1.54) is 0 Å². The lowest BCUT2D eigenvalue weighted by Gasteiger charge is -2.34. The van der Waals surface area contributed by atoms with Gasteiger partial charge in [-0.25, -0.2) is 0 Å². The molecule has 18 heavy (non-hydrogen) atoms. The van der Waals surface area contributed by atoms with Crippen LogP contribution < -0.4 is 5.32 Å². The third-order valence-electron chi connectivity index (χ3n) is 3.18. The van der Waals surface area contributed by atoms with Crippen molar-refractivity contribution in [1.29, 1.82) is 0 Å². The molecule has 2 heterocycles. The first-order valence-corrected chi connectivity index (χ1v) is 6.60. The number of pyridine rings is 1. The lowest BCUT2D eigenvalue weighted by molar-refractivity contribution is 0.0688. The molecule has 1 unspecified atom stereocenters. The third-order valence-corrected chi connectivity index (χ3v) is 3.18. The van der Waals surface area contributed by atoms with E-state index < -0.39 is 0 Å². The maximum Gasteiger partial charge on any atom is 0.272 e. The SMILES string of the molecule is CC(C)CC1CN(C(=O)c2ccccn2)CCN1. The molecule has 0 radical (unpaired) electrons. The van der Waals surface area contributed by atoms with Crippen LogP contribution in [0.25, 0.3) is 0 Å². The first kappa shape index (κ1) is 13.0. The molecule has 1 aliphatic heterocycles. The summed E-state index contributed by atoms with van der Waals surface area (Å²) in [4.78, 5) is 18.3. The van der Waals surface area contributed by atoms with E-state index >= 15 is 0 Å². The average Bonchev–Trinajstić information content (AvgIpc) is 2.38. The molecule has 0 aliphatic carbocycles. The molecule has 1 fully saturated rings. The van der Waals surface area contributed by atoms with Gasteiger partial charge in [0.1, 0.15) is 5.69 Å². The van der Waals surface area contributed by atoms with Gasteiger partial charge in [0.15, 0.2) is 0 Å². The topological polar surface area (TPSA) is 45.2 Å². The van der Waals surface area contributed by atoms with Crippen LogP contribution in [0, 0.1) is 5.92 Å². The fourth-order valence-corrected chi connectivity index (χ4v) is 2.39. The van der Waals surface area contributed by atoms with Crippen LogP contribution >= 0.6 is 0 Å². The zero-order chi connectivity index (χ0) is 13.0. The van der Waals surface area contributed by atoms with Crippen LogP contribution in [0.4, 0.5) is 0 Å². The average molecular weight is 247 g/mol. The summed E-state index contributed by atoms with van der Waals surface area (Å²) in [5.74, 6) is 0.693. The summed E-state index contributed by atoms with van der Waals surface area (Å²) in [6, 6.07) is 5.87. The van der Waals surface area contributed by atoms with Gasteiger partial charge in [0.25, 0.3) is 5.91 Å². The highest BCUT2D eigenvalue weighted by Gasteiger charge is 2.24. The smallest absolute Gasteiger partial charge is 0.272 e. The van der Waals surface area contributed by atoms with Gasteiger partial charge in [-0.15, -0.1) is 0 Å². The summed E-state index contributed by atoms with van der Waals surface area (Å²) in [5, 5.41) is 3.47. The van der Waals surface area contributed by atoms with Crippen molar-refractivity contribution in [3.63, 3.8) is 0 Å². The normalized spacial score (nSPS) is 20.2. The Balaban J connectivity index is 1.98. The second-order valence-electron chi connectivity index (χ2n) is 5.25. The van der Waals surface area contributed by atoms with Gasteiger partial charge in [-0.3, -0.25) is 9.78 Å². The van der Waals surface area contributed by atoms with E-state index in [1.807, 2.05) is 17.0 Å². The Hall–Kier alpha value is -1.42. The molecule has 1 amide bonds. The number of carbonyl (C=O) groups excluding carboxylic acids is 1. The molecular weight excluding hydrogens is 226 g/mol. The second-order valence-corrected chi connectivity index (χ2v) is 5.25.